The zero-order valence-electron chi connectivity index (χ0n) is 12.2. The third-order valence-electron chi connectivity index (χ3n) is 3.99. The van der Waals surface area contributed by atoms with E-state index in [9.17, 15) is 0 Å². The molecule has 1 saturated heterocycles. The zero-order valence-corrected chi connectivity index (χ0v) is 13.0. The molecular weight excluding hydrogens is 286 g/mol. The quantitative estimate of drug-likeness (QED) is 0.497. The van der Waals surface area contributed by atoms with E-state index >= 15 is 0 Å². The molecule has 1 aliphatic heterocycles. The molecule has 5 nitrogen and oxygen atoms in total. The lowest BCUT2D eigenvalue weighted by Gasteiger charge is -2.11. The first kappa shape index (κ1) is 14.5. The van der Waals surface area contributed by atoms with Crippen LogP contribution in [0.5, 0.6) is 0 Å². The molecule has 1 aromatic heterocycles. The van der Waals surface area contributed by atoms with Crippen LogP contribution in [0, 0.1) is 5.92 Å². The van der Waals surface area contributed by atoms with Gasteiger partial charge in [0.2, 0.25) is 0 Å². The predicted octanol–water partition coefficient (Wildman–Crippen LogP) is 2.38. The van der Waals surface area contributed by atoms with Gasteiger partial charge in [0.25, 0.3) is 0 Å². The molecule has 0 radical (unpaired) electrons. The summed E-state index contributed by atoms with van der Waals surface area (Å²) < 4.78 is 11.2. The summed E-state index contributed by atoms with van der Waals surface area (Å²) in [5.41, 5.74) is 2.79. The molecule has 1 saturated carbocycles. The maximum absolute atomic E-state index is 5.73. The van der Waals surface area contributed by atoms with Crippen molar-refractivity contribution < 1.29 is 9.15 Å². The first-order chi connectivity index (χ1) is 10.2. The van der Waals surface area contributed by atoms with Crippen molar-refractivity contribution in [3.8, 4) is 0 Å². The molecule has 0 bridgehead atoms. The minimum atomic E-state index is 0.266. The number of hydrogen-bond acceptors (Lipinski definition) is 4. The molecule has 21 heavy (non-hydrogen) atoms. The van der Waals surface area contributed by atoms with Gasteiger partial charge in [0.1, 0.15) is 11.5 Å². The van der Waals surface area contributed by atoms with E-state index < -0.39 is 0 Å². The maximum atomic E-state index is 5.73. The number of furan rings is 1. The molecule has 2 aliphatic rings. The molecular formula is C15H21N3O2S. The maximum Gasteiger partial charge on any atom is 0.187 e. The van der Waals surface area contributed by atoms with Crippen LogP contribution in [0.2, 0.25) is 0 Å². The molecule has 3 atom stereocenters. The van der Waals surface area contributed by atoms with E-state index in [1.54, 1.807) is 6.21 Å². The van der Waals surface area contributed by atoms with Gasteiger partial charge in [0, 0.05) is 19.1 Å². The second-order valence-electron chi connectivity index (χ2n) is 5.77. The summed E-state index contributed by atoms with van der Waals surface area (Å²) in [6.07, 6.45) is 5.36. The topological polar surface area (TPSA) is 58.8 Å². The van der Waals surface area contributed by atoms with Crippen LogP contribution in [-0.2, 0) is 4.74 Å². The van der Waals surface area contributed by atoms with E-state index in [1.807, 2.05) is 12.1 Å². The molecule has 2 heterocycles. The molecule has 2 fully saturated rings. The summed E-state index contributed by atoms with van der Waals surface area (Å²) in [4.78, 5) is 0. The molecule has 0 unspecified atom stereocenters. The van der Waals surface area contributed by atoms with Crippen molar-refractivity contribution in [3.63, 3.8) is 0 Å². The van der Waals surface area contributed by atoms with Crippen molar-refractivity contribution in [1.29, 1.82) is 0 Å². The van der Waals surface area contributed by atoms with Crippen LogP contribution in [0.4, 0.5) is 0 Å². The fourth-order valence-electron chi connectivity index (χ4n) is 2.56. The summed E-state index contributed by atoms with van der Waals surface area (Å²) in [6, 6.07) is 3.97. The molecule has 3 rings (SSSR count). The summed E-state index contributed by atoms with van der Waals surface area (Å²) in [5, 5.41) is 7.69. The Morgan fingerprint density at radius 2 is 2.38 bits per heavy atom. The van der Waals surface area contributed by atoms with E-state index in [0.717, 1.165) is 43.4 Å². The van der Waals surface area contributed by atoms with E-state index in [4.69, 9.17) is 21.4 Å². The largest absolute Gasteiger partial charge is 0.460 e. The van der Waals surface area contributed by atoms with Crippen molar-refractivity contribution in [3.05, 3.63) is 23.7 Å². The first-order valence-electron chi connectivity index (χ1n) is 7.50. The van der Waals surface area contributed by atoms with Gasteiger partial charge in [-0.2, -0.15) is 5.10 Å². The summed E-state index contributed by atoms with van der Waals surface area (Å²) in [5.74, 6) is 3.14. The van der Waals surface area contributed by atoms with Gasteiger partial charge in [-0.05, 0) is 49.5 Å². The second kappa shape index (κ2) is 6.58. The minimum absolute atomic E-state index is 0.266. The smallest absolute Gasteiger partial charge is 0.187 e. The van der Waals surface area contributed by atoms with Crippen molar-refractivity contribution >= 4 is 23.5 Å². The first-order valence-corrected chi connectivity index (χ1v) is 7.91. The Labute approximate surface area is 130 Å². The van der Waals surface area contributed by atoms with E-state index in [1.165, 1.54) is 6.42 Å². The predicted molar refractivity (Wildman–Crippen MR) is 85.5 cm³/mol. The molecule has 2 N–H and O–H groups in total. The highest BCUT2D eigenvalue weighted by molar-refractivity contribution is 7.80. The lowest BCUT2D eigenvalue weighted by Crippen LogP contribution is -2.37. The lowest BCUT2D eigenvalue weighted by molar-refractivity contribution is 0.114. The fourth-order valence-corrected chi connectivity index (χ4v) is 2.70. The van der Waals surface area contributed by atoms with Crippen molar-refractivity contribution in [2.45, 2.75) is 38.2 Å². The molecule has 1 aromatic rings. The van der Waals surface area contributed by atoms with E-state index in [2.05, 4.69) is 22.8 Å². The molecule has 0 spiro atoms. The minimum Gasteiger partial charge on any atom is -0.460 e. The van der Waals surface area contributed by atoms with Crippen LogP contribution >= 0.6 is 12.2 Å². The van der Waals surface area contributed by atoms with Crippen molar-refractivity contribution in [1.82, 2.24) is 10.7 Å². The van der Waals surface area contributed by atoms with Gasteiger partial charge in [-0.15, -0.1) is 0 Å². The van der Waals surface area contributed by atoms with Gasteiger partial charge in [0.05, 0.1) is 12.3 Å². The van der Waals surface area contributed by atoms with Gasteiger partial charge in [-0.1, -0.05) is 6.92 Å². The van der Waals surface area contributed by atoms with Gasteiger partial charge < -0.3 is 14.5 Å². The van der Waals surface area contributed by atoms with Gasteiger partial charge in [0.15, 0.2) is 5.11 Å². The molecule has 1 aliphatic carbocycles. The number of thiocarbonyl (C=S) groups is 1. The van der Waals surface area contributed by atoms with Gasteiger partial charge in [-0.3, -0.25) is 5.43 Å². The number of hydrazone groups is 1. The van der Waals surface area contributed by atoms with Crippen molar-refractivity contribution in [2.24, 2.45) is 11.0 Å². The molecule has 0 amide bonds. The summed E-state index contributed by atoms with van der Waals surface area (Å²) in [6.45, 7) is 3.82. The van der Waals surface area contributed by atoms with Crippen LogP contribution in [0.1, 0.15) is 43.6 Å². The van der Waals surface area contributed by atoms with Crippen LogP contribution in [0.3, 0.4) is 0 Å². The third-order valence-corrected chi connectivity index (χ3v) is 4.23. The van der Waals surface area contributed by atoms with E-state index in [0.29, 0.717) is 11.0 Å². The Balaban J connectivity index is 1.39. The second-order valence-corrected chi connectivity index (χ2v) is 6.18. The van der Waals surface area contributed by atoms with Gasteiger partial charge in [-0.25, -0.2) is 0 Å². The SMILES string of the molecule is C[C@@H]1C[C@H]1c1ccc(/C=N\NC(=S)NC[C@@H]2CCCO2)o1. The van der Waals surface area contributed by atoms with E-state index in [-0.39, 0.29) is 6.10 Å². The normalized spacial score (nSPS) is 28.0. The lowest BCUT2D eigenvalue weighted by atomic mass is 10.2. The highest BCUT2D eigenvalue weighted by atomic mass is 32.1. The third kappa shape index (κ3) is 4.04. The Bertz CT molecular complexity index is 523. The Hall–Kier alpha value is -1.40. The highest BCUT2D eigenvalue weighted by Gasteiger charge is 2.36. The average Bonchev–Trinajstić information content (AvgIpc) is 2.90. The number of ether oxygens (including phenoxy) is 1. The molecule has 6 heteroatoms. The highest BCUT2D eigenvalue weighted by Crippen LogP contribution is 2.47. The van der Waals surface area contributed by atoms with Gasteiger partial charge >= 0.3 is 0 Å². The Kier molecular flexibility index (Phi) is 4.55. The number of rotatable bonds is 5. The molecule has 114 valence electrons. The zero-order chi connectivity index (χ0) is 14.7. The summed E-state index contributed by atoms with van der Waals surface area (Å²) >= 11 is 5.15. The van der Waals surface area contributed by atoms with Crippen LogP contribution in [-0.4, -0.2) is 30.6 Å². The molecule has 0 aromatic carbocycles. The Morgan fingerprint density at radius 1 is 1.52 bits per heavy atom. The Morgan fingerprint density at radius 3 is 3.10 bits per heavy atom. The number of nitrogens with one attached hydrogen (secondary N) is 2. The van der Waals surface area contributed by atoms with Crippen LogP contribution < -0.4 is 10.7 Å². The van der Waals surface area contributed by atoms with Crippen molar-refractivity contribution in [2.75, 3.05) is 13.2 Å². The number of nitrogens with zero attached hydrogens (tertiary/aromatic N) is 1. The van der Waals surface area contributed by atoms with Crippen LogP contribution in [0.25, 0.3) is 0 Å². The fraction of sp³-hybridized carbons (Fsp3) is 0.600. The average molecular weight is 307 g/mol. The number of hydrogen-bond donors (Lipinski definition) is 2. The standard InChI is InChI=1S/C15H21N3O2S/c1-10-7-13(10)14-5-4-12(20-14)9-17-18-15(21)16-8-11-3-2-6-19-11/h4-5,9-11,13H,2-3,6-8H2,1H3,(H2,16,18,21)/b17-9-/t10-,11+,13-/m1/s1. The monoisotopic (exact) mass is 307 g/mol. The van der Waals surface area contributed by atoms with Crippen LogP contribution in [0.15, 0.2) is 21.7 Å². The summed E-state index contributed by atoms with van der Waals surface area (Å²) in [7, 11) is 0.